The minimum atomic E-state index is -0.691. The van der Waals surface area contributed by atoms with Gasteiger partial charge in [-0.1, -0.05) is 33.1 Å². The van der Waals surface area contributed by atoms with Gasteiger partial charge in [0.15, 0.2) is 4.87 Å². The fraction of sp³-hybridized carbons (Fsp3) is 0.900. The molecule has 0 spiro atoms. The summed E-state index contributed by atoms with van der Waals surface area (Å²) >= 11 is 6.19. The van der Waals surface area contributed by atoms with Crippen LogP contribution in [-0.2, 0) is 9.53 Å². The SMILES string of the molecule is CCCCCC1(Cl)C(=O)OC1CC. The minimum absolute atomic E-state index is 0.0569. The average molecular weight is 205 g/mol. The molecule has 2 nitrogen and oxygen atoms in total. The van der Waals surface area contributed by atoms with Crippen molar-refractivity contribution in [2.24, 2.45) is 0 Å². The van der Waals surface area contributed by atoms with E-state index in [2.05, 4.69) is 6.92 Å². The number of hydrogen-bond donors (Lipinski definition) is 0. The number of halogens is 1. The molecular weight excluding hydrogens is 188 g/mol. The zero-order chi connectivity index (χ0) is 9.90. The van der Waals surface area contributed by atoms with Gasteiger partial charge in [-0.25, -0.2) is 4.79 Å². The Kier molecular flexibility index (Phi) is 3.60. The summed E-state index contributed by atoms with van der Waals surface area (Å²) in [6.45, 7) is 4.13. The first-order chi connectivity index (χ1) is 6.15. The molecule has 0 amide bonds. The summed E-state index contributed by atoms with van der Waals surface area (Å²) in [6, 6.07) is 0. The number of cyclic esters (lactones) is 1. The predicted molar refractivity (Wildman–Crippen MR) is 52.9 cm³/mol. The van der Waals surface area contributed by atoms with Crippen LogP contribution in [0.25, 0.3) is 0 Å². The van der Waals surface area contributed by atoms with Gasteiger partial charge in [0, 0.05) is 0 Å². The number of carbonyl (C=O) groups is 1. The van der Waals surface area contributed by atoms with E-state index in [0.717, 1.165) is 32.1 Å². The molecule has 1 aliphatic heterocycles. The lowest BCUT2D eigenvalue weighted by Gasteiger charge is -2.42. The summed E-state index contributed by atoms with van der Waals surface area (Å²) in [5, 5.41) is 0. The normalized spacial score (nSPS) is 32.5. The van der Waals surface area contributed by atoms with E-state index < -0.39 is 4.87 Å². The molecular formula is C10H17ClO2. The molecule has 0 aromatic rings. The van der Waals surface area contributed by atoms with E-state index in [4.69, 9.17) is 16.3 Å². The second-order valence-corrected chi connectivity index (χ2v) is 4.30. The molecule has 1 rings (SSSR count). The molecule has 0 N–H and O–H groups in total. The summed E-state index contributed by atoms with van der Waals surface area (Å²) < 4.78 is 4.96. The highest BCUT2D eigenvalue weighted by Crippen LogP contribution is 2.40. The monoisotopic (exact) mass is 204 g/mol. The van der Waals surface area contributed by atoms with Crippen LogP contribution in [0.3, 0.4) is 0 Å². The Morgan fingerprint density at radius 3 is 2.62 bits per heavy atom. The number of carbonyl (C=O) groups excluding carboxylic acids is 1. The highest BCUT2D eigenvalue weighted by Gasteiger charge is 2.55. The molecule has 0 aliphatic carbocycles. The highest BCUT2D eigenvalue weighted by molar-refractivity contribution is 6.36. The molecule has 0 saturated carbocycles. The topological polar surface area (TPSA) is 26.3 Å². The second-order valence-electron chi connectivity index (χ2n) is 3.62. The largest absolute Gasteiger partial charge is 0.458 e. The molecule has 13 heavy (non-hydrogen) atoms. The van der Waals surface area contributed by atoms with E-state index in [9.17, 15) is 4.79 Å². The quantitative estimate of drug-likeness (QED) is 0.391. The van der Waals surface area contributed by atoms with Gasteiger partial charge in [-0.05, 0) is 12.8 Å². The van der Waals surface area contributed by atoms with E-state index in [1.807, 2.05) is 6.92 Å². The van der Waals surface area contributed by atoms with Crippen LogP contribution in [0.15, 0.2) is 0 Å². The van der Waals surface area contributed by atoms with Gasteiger partial charge in [-0.3, -0.25) is 0 Å². The number of hydrogen-bond acceptors (Lipinski definition) is 2. The maximum atomic E-state index is 11.2. The second kappa shape index (κ2) is 4.32. The number of alkyl halides is 1. The van der Waals surface area contributed by atoms with Crippen LogP contribution in [0.1, 0.15) is 46.0 Å². The van der Waals surface area contributed by atoms with Gasteiger partial charge in [0.05, 0.1) is 0 Å². The maximum Gasteiger partial charge on any atom is 0.331 e. The smallest absolute Gasteiger partial charge is 0.331 e. The third-order valence-electron chi connectivity index (χ3n) is 2.61. The van der Waals surface area contributed by atoms with E-state index in [1.54, 1.807) is 0 Å². The Hall–Kier alpha value is -0.240. The van der Waals surface area contributed by atoms with Crippen molar-refractivity contribution in [3.8, 4) is 0 Å². The maximum absolute atomic E-state index is 11.2. The molecule has 0 aromatic heterocycles. The van der Waals surface area contributed by atoms with Crippen molar-refractivity contribution in [2.75, 3.05) is 0 Å². The van der Waals surface area contributed by atoms with Crippen molar-refractivity contribution in [2.45, 2.75) is 56.9 Å². The molecule has 2 unspecified atom stereocenters. The molecule has 0 aromatic carbocycles. The lowest BCUT2D eigenvalue weighted by atomic mass is 9.88. The summed E-state index contributed by atoms with van der Waals surface area (Å²) in [5.74, 6) is -0.225. The number of unbranched alkanes of at least 4 members (excludes halogenated alkanes) is 2. The van der Waals surface area contributed by atoms with Gasteiger partial charge in [-0.2, -0.15) is 0 Å². The zero-order valence-corrected chi connectivity index (χ0v) is 9.06. The van der Waals surface area contributed by atoms with Crippen molar-refractivity contribution in [3.63, 3.8) is 0 Å². The lowest BCUT2D eigenvalue weighted by Crippen LogP contribution is -2.58. The third kappa shape index (κ3) is 1.98. The van der Waals surface area contributed by atoms with Gasteiger partial charge >= 0.3 is 5.97 Å². The van der Waals surface area contributed by atoms with Gasteiger partial charge < -0.3 is 4.74 Å². The zero-order valence-electron chi connectivity index (χ0n) is 8.31. The third-order valence-corrected chi connectivity index (χ3v) is 3.20. The Labute approximate surface area is 84.6 Å². The number of rotatable bonds is 5. The first-order valence-electron chi connectivity index (χ1n) is 5.05. The molecule has 2 atom stereocenters. The van der Waals surface area contributed by atoms with Crippen molar-refractivity contribution in [1.82, 2.24) is 0 Å². The lowest BCUT2D eigenvalue weighted by molar-refractivity contribution is -0.180. The number of ether oxygens (including phenoxy) is 1. The summed E-state index contributed by atoms with van der Waals surface area (Å²) in [6.07, 6.45) is 4.84. The van der Waals surface area contributed by atoms with Crippen LogP contribution in [0.5, 0.6) is 0 Å². The van der Waals surface area contributed by atoms with Crippen molar-refractivity contribution < 1.29 is 9.53 Å². The Morgan fingerprint density at radius 1 is 1.46 bits per heavy atom. The first kappa shape index (κ1) is 10.8. The molecule has 1 heterocycles. The van der Waals surface area contributed by atoms with E-state index in [-0.39, 0.29) is 12.1 Å². The van der Waals surface area contributed by atoms with Crippen LogP contribution >= 0.6 is 11.6 Å². The molecule has 0 radical (unpaired) electrons. The first-order valence-corrected chi connectivity index (χ1v) is 5.43. The van der Waals surface area contributed by atoms with Crippen LogP contribution in [-0.4, -0.2) is 16.9 Å². The minimum Gasteiger partial charge on any atom is -0.458 e. The van der Waals surface area contributed by atoms with Crippen molar-refractivity contribution >= 4 is 17.6 Å². The van der Waals surface area contributed by atoms with E-state index in [0.29, 0.717) is 0 Å². The molecule has 3 heteroatoms. The molecule has 76 valence electrons. The predicted octanol–water partition coefficient (Wildman–Crippen LogP) is 2.88. The van der Waals surface area contributed by atoms with Crippen LogP contribution in [0.2, 0.25) is 0 Å². The Morgan fingerprint density at radius 2 is 2.15 bits per heavy atom. The average Bonchev–Trinajstić information content (AvgIpc) is 2.14. The fourth-order valence-corrected chi connectivity index (χ4v) is 2.07. The highest BCUT2D eigenvalue weighted by atomic mass is 35.5. The summed E-state index contributed by atoms with van der Waals surface area (Å²) in [7, 11) is 0. The van der Waals surface area contributed by atoms with Gasteiger partial charge in [-0.15, -0.1) is 11.6 Å². The van der Waals surface area contributed by atoms with Gasteiger partial charge in [0.1, 0.15) is 6.10 Å². The molecule has 1 saturated heterocycles. The van der Waals surface area contributed by atoms with Crippen LogP contribution < -0.4 is 0 Å². The van der Waals surface area contributed by atoms with Crippen LogP contribution in [0, 0.1) is 0 Å². The molecule has 0 bridgehead atoms. The summed E-state index contributed by atoms with van der Waals surface area (Å²) in [5.41, 5.74) is 0. The van der Waals surface area contributed by atoms with Gasteiger partial charge in [0.2, 0.25) is 0 Å². The van der Waals surface area contributed by atoms with Gasteiger partial charge in [0.25, 0.3) is 0 Å². The Bertz CT molecular complexity index is 193. The van der Waals surface area contributed by atoms with Crippen LogP contribution in [0.4, 0.5) is 0 Å². The standard InChI is InChI=1S/C10H17ClO2/c1-3-5-6-7-10(11)8(4-2)13-9(10)12/h8H,3-7H2,1-2H3. The van der Waals surface area contributed by atoms with E-state index in [1.165, 1.54) is 0 Å². The Balaban J connectivity index is 2.39. The fourth-order valence-electron chi connectivity index (χ4n) is 1.70. The van der Waals surface area contributed by atoms with Crippen molar-refractivity contribution in [1.29, 1.82) is 0 Å². The van der Waals surface area contributed by atoms with Crippen molar-refractivity contribution in [3.05, 3.63) is 0 Å². The summed E-state index contributed by atoms with van der Waals surface area (Å²) in [4.78, 5) is 10.5. The number of esters is 1. The molecule has 1 aliphatic rings. The molecule has 1 fully saturated rings. The van der Waals surface area contributed by atoms with E-state index >= 15 is 0 Å².